The van der Waals surface area contributed by atoms with E-state index in [9.17, 15) is 19.5 Å². The Morgan fingerprint density at radius 2 is 1.59 bits per heavy atom. The summed E-state index contributed by atoms with van der Waals surface area (Å²) in [6, 6.07) is 19.6. The minimum Gasteiger partial charge on any atom is -0.481 e. The van der Waals surface area contributed by atoms with Gasteiger partial charge in [-0.05, 0) is 78.5 Å². The van der Waals surface area contributed by atoms with Gasteiger partial charge in [0.2, 0.25) is 0 Å². The number of hydrogen-bond acceptors (Lipinski definition) is 6. The largest absolute Gasteiger partial charge is 0.481 e. The van der Waals surface area contributed by atoms with Crippen molar-refractivity contribution in [3.05, 3.63) is 78.4 Å². The number of anilines is 4. The Hall–Kier alpha value is -4.38. The minimum absolute atomic E-state index is 0.262. The van der Waals surface area contributed by atoms with Gasteiger partial charge < -0.3 is 36.8 Å². The summed E-state index contributed by atoms with van der Waals surface area (Å²) in [7, 11) is 0. The number of nitrogens with two attached hydrogens (primary N) is 1. The van der Waals surface area contributed by atoms with Crippen molar-refractivity contribution in [3.8, 4) is 0 Å². The number of amides is 4. The zero-order valence-corrected chi connectivity index (χ0v) is 21.1. The molecule has 1 atom stereocenters. The van der Waals surface area contributed by atoms with E-state index in [0.717, 1.165) is 17.0 Å². The summed E-state index contributed by atoms with van der Waals surface area (Å²) in [5.41, 5.74) is 8.78. The summed E-state index contributed by atoms with van der Waals surface area (Å²) in [5.74, 6) is -1.04. The van der Waals surface area contributed by atoms with Gasteiger partial charge in [-0.2, -0.15) is 0 Å². The average Bonchev–Trinajstić information content (AvgIpc) is 2.87. The van der Waals surface area contributed by atoms with Crippen LogP contribution in [0, 0.1) is 0 Å². The molecule has 0 saturated carbocycles. The van der Waals surface area contributed by atoms with Crippen molar-refractivity contribution < 1.29 is 19.5 Å². The number of urea groups is 2. The normalized spacial score (nSPS) is 11.2. The Balaban J connectivity index is 1.64. The van der Waals surface area contributed by atoms with E-state index in [0.29, 0.717) is 29.2 Å². The molecule has 8 N–H and O–H groups in total. The number of nitrogens with one attached hydrogen (secondary N) is 5. The topological polar surface area (TPSA) is 158 Å². The van der Waals surface area contributed by atoms with Gasteiger partial charge in [0.1, 0.15) is 0 Å². The molecular formula is C26H30N6O4S. The summed E-state index contributed by atoms with van der Waals surface area (Å²) < 4.78 is 3.22. The van der Waals surface area contributed by atoms with Crippen LogP contribution in [0.2, 0.25) is 0 Å². The van der Waals surface area contributed by atoms with Gasteiger partial charge in [0.15, 0.2) is 0 Å². The van der Waals surface area contributed by atoms with E-state index >= 15 is 0 Å². The third-order valence-corrected chi connectivity index (χ3v) is 5.88. The fourth-order valence-electron chi connectivity index (χ4n) is 3.31. The molecule has 3 aromatic carbocycles. The zero-order valence-electron chi connectivity index (χ0n) is 20.3. The molecule has 0 bridgehead atoms. The average molecular weight is 523 g/mol. The summed E-state index contributed by atoms with van der Waals surface area (Å²) in [4.78, 5) is 36.8. The van der Waals surface area contributed by atoms with E-state index in [-0.39, 0.29) is 12.5 Å². The molecule has 0 aliphatic carbocycles. The molecule has 194 valence electrons. The van der Waals surface area contributed by atoms with Crippen LogP contribution in [-0.2, 0) is 4.79 Å². The van der Waals surface area contributed by atoms with E-state index in [1.807, 2.05) is 31.2 Å². The van der Waals surface area contributed by atoms with E-state index in [1.165, 1.54) is 11.9 Å². The van der Waals surface area contributed by atoms with Crippen LogP contribution in [0.15, 0.2) is 77.7 Å². The van der Waals surface area contributed by atoms with Crippen LogP contribution in [0.1, 0.15) is 31.4 Å². The van der Waals surface area contributed by atoms with Crippen molar-refractivity contribution in [2.45, 2.75) is 30.7 Å². The Morgan fingerprint density at radius 3 is 2.32 bits per heavy atom. The molecule has 0 spiro atoms. The number of carbonyl (C=O) groups is 3. The Labute approximate surface area is 219 Å². The lowest BCUT2D eigenvalue weighted by atomic mass is 10.0. The third kappa shape index (κ3) is 9.30. The lowest BCUT2D eigenvalue weighted by Gasteiger charge is -2.19. The van der Waals surface area contributed by atoms with Gasteiger partial charge in [-0.15, -0.1) is 0 Å². The molecule has 0 radical (unpaired) electrons. The van der Waals surface area contributed by atoms with Crippen LogP contribution >= 0.6 is 11.9 Å². The quantitative estimate of drug-likeness (QED) is 0.134. The van der Waals surface area contributed by atoms with E-state index < -0.39 is 18.0 Å². The van der Waals surface area contributed by atoms with Crippen molar-refractivity contribution in [2.75, 3.05) is 27.6 Å². The Morgan fingerprint density at radius 1 is 0.892 bits per heavy atom. The molecule has 3 rings (SSSR count). The fourth-order valence-corrected chi connectivity index (χ4v) is 4.00. The lowest BCUT2D eigenvalue weighted by Crippen LogP contribution is -2.33. The number of aliphatic carboxylic acids is 1. The number of carbonyl (C=O) groups excluding carboxylic acids is 2. The van der Waals surface area contributed by atoms with E-state index in [1.54, 1.807) is 48.5 Å². The number of rotatable bonds is 11. The molecule has 3 aromatic rings. The molecule has 4 amide bonds. The minimum atomic E-state index is -1.04. The molecule has 11 heteroatoms. The number of hydrogen-bond donors (Lipinski definition) is 7. The summed E-state index contributed by atoms with van der Waals surface area (Å²) in [6.45, 7) is 2.58. The van der Waals surface area contributed by atoms with Crippen molar-refractivity contribution in [1.29, 1.82) is 0 Å². The van der Waals surface area contributed by atoms with Crippen LogP contribution in [0.25, 0.3) is 0 Å². The predicted molar refractivity (Wildman–Crippen MR) is 148 cm³/mol. The summed E-state index contributed by atoms with van der Waals surface area (Å²) in [6.07, 6.45) is 0.557. The third-order valence-electron chi connectivity index (χ3n) is 5.06. The number of carboxylic acid groups (broad SMARTS) is 1. The van der Waals surface area contributed by atoms with E-state index in [2.05, 4.69) is 26.0 Å². The van der Waals surface area contributed by atoms with Gasteiger partial charge in [-0.3, -0.25) is 4.79 Å². The van der Waals surface area contributed by atoms with E-state index in [4.69, 9.17) is 5.73 Å². The van der Waals surface area contributed by atoms with Gasteiger partial charge >= 0.3 is 18.0 Å². The molecule has 0 fully saturated rings. The van der Waals surface area contributed by atoms with Gasteiger partial charge in [0.05, 0.1) is 12.5 Å². The highest BCUT2D eigenvalue weighted by atomic mass is 32.2. The van der Waals surface area contributed by atoms with Gasteiger partial charge in [0.25, 0.3) is 0 Å². The second-order valence-electron chi connectivity index (χ2n) is 8.11. The highest BCUT2D eigenvalue weighted by molar-refractivity contribution is 8.00. The molecule has 0 aromatic heterocycles. The van der Waals surface area contributed by atoms with Crippen LogP contribution in [0.5, 0.6) is 0 Å². The predicted octanol–water partition coefficient (Wildman–Crippen LogP) is 5.26. The second kappa shape index (κ2) is 13.6. The monoisotopic (exact) mass is 522 g/mol. The molecule has 0 saturated heterocycles. The molecule has 0 heterocycles. The van der Waals surface area contributed by atoms with Crippen LogP contribution in [0.3, 0.4) is 0 Å². The van der Waals surface area contributed by atoms with Gasteiger partial charge in [-0.25, -0.2) is 9.59 Å². The standard InChI is InChI=1S/C26H30N6O4S/c1-2-13-28-25(35)30-20-6-4-8-22(15-20)37-32-21-7-3-5-17(14-21)23(16-24(33)34)31-26(36)29-19-11-9-18(27)10-12-19/h3-12,14-15,23,32H,2,13,16,27H2,1H3,(H,33,34)(H2,28,30,35)(H2,29,31,36). The molecule has 0 aliphatic heterocycles. The smallest absolute Gasteiger partial charge is 0.319 e. The van der Waals surface area contributed by atoms with Crippen molar-refractivity contribution in [3.63, 3.8) is 0 Å². The number of carboxylic acids is 1. The van der Waals surface area contributed by atoms with Crippen molar-refractivity contribution in [2.24, 2.45) is 0 Å². The maximum Gasteiger partial charge on any atom is 0.319 e. The first-order chi connectivity index (χ1) is 17.8. The SMILES string of the molecule is CCCNC(=O)Nc1cccc(SNc2cccc(C(CC(=O)O)NC(=O)Nc3ccc(N)cc3)c2)c1. The Kier molecular flexibility index (Phi) is 10.0. The highest BCUT2D eigenvalue weighted by Gasteiger charge is 2.19. The van der Waals surface area contributed by atoms with Crippen LogP contribution in [-0.4, -0.2) is 29.7 Å². The number of nitrogen functional groups attached to an aromatic ring is 1. The fraction of sp³-hybridized carbons (Fsp3) is 0.192. The first kappa shape index (κ1) is 27.2. The van der Waals surface area contributed by atoms with Crippen molar-refractivity contribution >= 4 is 52.7 Å². The molecule has 1 unspecified atom stereocenters. The van der Waals surface area contributed by atoms with Crippen LogP contribution < -0.4 is 31.7 Å². The molecule has 0 aliphatic rings. The maximum absolute atomic E-state index is 12.5. The van der Waals surface area contributed by atoms with Crippen molar-refractivity contribution in [1.82, 2.24) is 10.6 Å². The highest BCUT2D eigenvalue weighted by Crippen LogP contribution is 2.26. The first-order valence-electron chi connectivity index (χ1n) is 11.6. The van der Waals surface area contributed by atoms with Gasteiger partial charge in [0, 0.05) is 34.2 Å². The van der Waals surface area contributed by atoms with Gasteiger partial charge in [-0.1, -0.05) is 25.1 Å². The Bertz CT molecular complexity index is 1220. The molecule has 37 heavy (non-hydrogen) atoms. The summed E-state index contributed by atoms with van der Waals surface area (Å²) >= 11 is 1.34. The lowest BCUT2D eigenvalue weighted by molar-refractivity contribution is -0.137. The summed E-state index contributed by atoms with van der Waals surface area (Å²) in [5, 5.41) is 20.4. The molecule has 10 nitrogen and oxygen atoms in total. The van der Waals surface area contributed by atoms with Crippen LogP contribution in [0.4, 0.5) is 32.3 Å². The first-order valence-corrected chi connectivity index (χ1v) is 12.5. The number of benzene rings is 3. The molecular weight excluding hydrogens is 492 g/mol. The zero-order chi connectivity index (χ0) is 26.6. The second-order valence-corrected chi connectivity index (χ2v) is 8.99. The maximum atomic E-state index is 12.5.